The van der Waals surface area contributed by atoms with Gasteiger partial charge in [-0.3, -0.25) is 14.8 Å². The van der Waals surface area contributed by atoms with E-state index < -0.39 is 0 Å². The molecule has 0 unspecified atom stereocenters. The van der Waals surface area contributed by atoms with Crippen molar-refractivity contribution in [1.29, 1.82) is 5.26 Å². The van der Waals surface area contributed by atoms with Gasteiger partial charge in [0.25, 0.3) is 5.91 Å². The standard InChI is InChI=1S/C18H17ClN4O2/c19-17-9-16(2-1-13(17)10-20)25-15-3-7-23(8-4-15)18(24)14-11-21-5-6-22-12-14/h1-2,5,9,11-12,15H,3-4,6-8H2. The van der Waals surface area contributed by atoms with Crippen molar-refractivity contribution >= 4 is 29.9 Å². The van der Waals surface area contributed by atoms with Crippen molar-refractivity contribution in [2.75, 3.05) is 19.6 Å². The van der Waals surface area contributed by atoms with Crippen LogP contribution in [-0.2, 0) is 4.79 Å². The van der Waals surface area contributed by atoms with E-state index in [0.29, 0.717) is 41.5 Å². The molecule has 2 aliphatic rings. The molecule has 128 valence electrons. The second-order valence-electron chi connectivity index (χ2n) is 5.77. The van der Waals surface area contributed by atoms with E-state index in [1.807, 2.05) is 6.07 Å². The average Bonchev–Trinajstić information content (AvgIpc) is 2.91. The Labute approximate surface area is 151 Å². The summed E-state index contributed by atoms with van der Waals surface area (Å²) in [5, 5.41) is 9.28. The van der Waals surface area contributed by atoms with E-state index in [1.54, 1.807) is 41.7 Å². The van der Waals surface area contributed by atoms with Crippen LogP contribution in [0.15, 0.2) is 40.0 Å². The highest BCUT2D eigenvalue weighted by molar-refractivity contribution is 6.31. The van der Waals surface area contributed by atoms with Crippen LogP contribution in [-0.4, -0.2) is 49.0 Å². The molecule has 1 amide bonds. The molecule has 0 bridgehead atoms. The van der Waals surface area contributed by atoms with Crippen LogP contribution in [0.4, 0.5) is 0 Å². The maximum Gasteiger partial charge on any atom is 0.256 e. The van der Waals surface area contributed by atoms with Gasteiger partial charge in [-0.05, 0) is 12.1 Å². The average molecular weight is 357 g/mol. The van der Waals surface area contributed by atoms with Gasteiger partial charge < -0.3 is 9.64 Å². The quantitative estimate of drug-likeness (QED) is 0.835. The summed E-state index contributed by atoms with van der Waals surface area (Å²) in [6.45, 7) is 1.72. The Kier molecular flexibility index (Phi) is 5.46. The molecule has 0 N–H and O–H groups in total. The number of aliphatic imine (C=N–C) groups is 2. The van der Waals surface area contributed by atoms with Crippen LogP contribution in [0.2, 0.25) is 5.02 Å². The molecule has 1 saturated heterocycles. The molecule has 0 aliphatic carbocycles. The molecule has 2 aliphatic heterocycles. The minimum absolute atomic E-state index is 0.0165. The number of nitriles is 1. The normalized spacial score (nSPS) is 17.6. The van der Waals surface area contributed by atoms with Gasteiger partial charge in [-0.1, -0.05) is 11.6 Å². The molecule has 6 nitrogen and oxygen atoms in total. The highest BCUT2D eigenvalue weighted by Gasteiger charge is 2.25. The Morgan fingerprint density at radius 2 is 2.16 bits per heavy atom. The van der Waals surface area contributed by atoms with Crippen molar-refractivity contribution in [2.45, 2.75) is 18.9 Å². The first-order valence-corrected chi connectivity index (χ1v) is 8.42. The van der Waals surface area contributed by atoms with Gasteiger partial charge in [0.05, 0.1) is 22.7 Å². The van der Waals surface area contributed by atoms with Gasteiger partial charge in [-0.2, -0.15) is 5.26 Å². The molecule has 2 heterocycles. The van der Waals surface area contributed by atoms with Crippen molar-refractivity contribution < 1.29 is 9.53 Å². The highest BCUT2D eigenvalue weighted by Crippen LogP contribution is 2.25. The number of carbonyl (C=O) groups is 1. The number of likely N-dealkylation sites (tertiary alicyclic amines) is 1. The lowest BCUT2D eigenvalue weighted by atomic mass is 10.1. The van der Waals surface area contributed by atoms with Crippen molar-refractivity contribution in [2.24, 2.45) is 9.98 Å². The van der Waals surface area contributed by atoms with Gasteiger partial charge in [-0.25, -0.2) is 0 Å². The first kappa shape index (κ1) is 17.2. The minimum Gasteiger partial charge on any atom is -0.490 e. The molecular formula is C18H17ClN4O2. The fraction of sp³-hybridized carbons (Fsp3) is 0.333. The number of rotatable bonds is 3. The van der Waals surface area contributed by atoms with E-state index in [0.717, 1.165) is 12.8 Å². The van der Waals surface area contributed by atoms with E-state index in [4.69, 9.17) is 21.6 Å². The zero-order chi connectivity index (χ0) is 17.6. The second-order valence-corrected chi connectivity index (χ2v) is 6.18. The van der Waals surface area contributed by atoms with Crippen molar-refractivity contribution in [1.82, 2.24) is 4.90 Å². The van der Waals surface area contributed by atoms with Gasteiger partial charge in [0.2, 0.25) is 0 Å². The molecular weight excluding hydrogens is 340 g/mol. The molecule has 3 rings (SSSR count). The third-order valence-corrected chi connectivity index (χ3v) is 4.39. The number of ether oxygens (including phenoxy) is 1. The number of hydrogen-bond acceptors (Lipinski definition) is 5. The van der Waals surface area contributed by atoms with E-state index in [1.165, 1.54) is 0 Å². The molecule has 0 spiro atoms. The molecule has 25 heavy (non-hydrogen) atoms. The summed E-state index contributed by atoms with van der Waals surface area (Å²) in [6, 6.07) is 7.07. The summed E-state index contributed by atoms with van der Waals surface area (Å²) >= 11 is 6.03. The largest absolute Gasteiger partial charge is 0.490 e. The van der Waals surface area contributed by atoms with Crippen molar-refractivity contribution in [3.8, 4) is 11.8 Å². The fourth-order valence-corrected chi connectivity index (χ4v) is 2.95. The molecule has 1 fully saturated rings. The van der Waals surface area contributed by atoms with Gasteiger partial charge in [0, 0.05) is 50.6 Å². The monoisotopic (exact) mass is 356 g/mol. The highest BCUT2D eigenvalue weighted by atomic mass is 35.5. The zero-order valence-corrected chi connectivity index (χ0v) is 14.3. The van der Waals surface area contributed by atoms with Crippen LogP contribution in [0.25, 0.3) is 0 Å². The smallest absolute Gasteiger partial charge is 0.256 e. The number of nitrogens with zero attached hydrogens (tertiary/aromatic N) is 4. The first-order chi connectivity index (χ1) is 12.2. The summed E-state index contributed by atoms with van der Waals surface area (Å²) in [5.41, 5.74) is 0.933. The topological polar surface area (TPSA) is 78.0 Å². The third-order valence-electron chi connectivity index (χ3n) is 4.08. The third kappa shape index (κ3) is 4.25. The molecule has 0 atom stereocenters. The van der Waals surface area contributed by atoms with Crippen molar-refractivity contribution in [3.63, 3.8) is 0 Å². The molecule has 0 radical (unpaired) electrons. The number of halogens is 1. The number of hydrogen-bond donors (Lipinski definition) is 0. The Bertz CT molecular complexity index is 787. The zero-order valence-electron chi connectivity index (χ0n) is 13.6. The second kappa shape index (κ2) is 7.95. The van der Waals surface area contributed by atoms with Crippen LogP contribution >= 0.6 is 11.6 Å². The number of benzene rings is 1. The van der Waals surface area contributed by atoms with Gasteiger partial charge in [0.15, 0.2) is 0 Å². The van der Waals surface area contributed by atoms with Crippen LogP contribution in [0.5, 0.6) is 5.75 Å². The Balaban J connectivity index is 1.56. The Morgan fingerprint density at radius 1 is 1.36 bits per heavy atom. The minimum atomic E-state index is -0.0531. The lowest BCUT2D eigenvalue weighted by Gasteiger charge is -2.32. The van der Waals surface area contributed by atoms with Crippen LogP contribution in [0, 0.1) is 11.3 Å². The predicted molar refractivity (Wildman–Crippen MR) is 96.3 cm³/mol. The lowest BCUT2D eigenvalue weighted by Crippen LogP contribution is -2.42. The number of piperidine rings is 1. The Morgan fingerprint density at radius 3 is 2.88 bits per heavy atom. The molecule has 0 aromatic heterocycles. The fourth-order valence-electron chi connectivity index (χ4n) is 2.73. The van der Waals surface area contributed by atoms with Crippen molar-refractivity contribution in [3.05, 3.63) is 40.6 Å². The van der Waals surface area contributed by atoms with Gasteiger partial charge >= 0.3 is 0 Å². The van der Waals surface area contributed by atoms with Crippen LogP contribution in [0.1, 0.15) is 18.4 Å². The van der Waals surface area contributed by atoms with E-state index >= 15 is 0 Å². The number of amides is 1. The summed E-state index contributed by atoms with van der Waals surface area (Å²) in [4.78, 5) is 22.4. The van der Waals surface area contributed by atoms with E-state index in [9.17, 15) is 4.79 Å². The van der Waals surface area contributed by atoms with E-state index in [-0.39, 0.29) is 12.0 Å². The summed E-state index contributed by atoms with van der Waals surface area (Å²) in [6.07, 6.45) is 6.28. The van der Waals surface area contributed by atoms with Gasteiger partial charge in [0.1, 0.15) is 17.9 Å². The van der Waals surface area contributed by atoms with Crippen LogP contribution < -0.4 is 4.74 Å². The molecule has 1 aromatic carbocycles. The molecule has 0 saturated carbocycles. The summed E-state index contributed by atoms with van der Waals surface area (Å²) in [5.74, 6) is 0.587. The Hall–Kier alpha value is -2.65. The maximum absolute atomic E-state index is 12.5. The number of carbonyl (C=O) groups excluding carboxylic acids is 1. The van der Waals surface area contributed by atoms with E-state index in [2.05, 4.69) is 9.98 Å². The summed E-state index contributed by atoms with van der Waals surface area (Å²) in [7, 11) is 0. The lowest BCUT2D eigenvalue weighted by molar-refractivity contribution is -0.128. The molecule has 1 aromatic rings. The first-order valence-electron chi connectivity index (χ1n) is 8.04. The SMILES string of the molecule is N#Cc1ccc(OC2CCN(C(=O)C3=CN=CCN=C3)CC2)cc1Cl. The molecule has 7 heteroatoms. The maximum atomic E-state index is 12.5. The summed E-state index contributed by atoms with van der Waals surface area (Å²) < 4.78 is 5.93. The van der Waals surface area contributed by atoms with Gasteiger partial charge in [-0.15, -0.1) is 0 Å². The predicted octanol–water partition coefficient (Wildman–Crippen LogP) is 2.62. The van der Waals surface area contributed by atoms with Crippen LogP contribution in [0.3, 0.4) is 0 Å².